The van der Waals surface area contributed by atoms with E-state index in [0.717, 1.165) is 10.8 Å². The Kier molecular flexibility index (Phi) is 6.09. The van der Waals surface area contributed by atoms with E-state index in [0.29, 0.717) is 11.4 Å². The number of alkyl halides is 1. The van der Waals surface area contributed by atoms with Crippen LogP contribution in [-0.4, -0.2) is 51.8 Å². The molecule has 1 amide bonds. The number of amides is 1. The van der Waals surface area contributed by atoms with Crippen LogP contribution in [-0.2, 0) is 19.2 Å². The lowest BCUT2D eigenvalue weighted by atomic mass is 9.83. The molecule has 1 aliphatic heterocycles. The van der Waals surface area contributed by atoms with Crippen molar-refractivity contribution in [3.8, 4) is 0 Å². The van der Waals surface area contributed by atoms with E-state index >= 15 is 0 Å². The van der Waals surface area contributed by atoms with Gasteiger partial charge in [0.05, 0.1) is 12.1 Å². The molecule has 0 radical (unpaired) electrons. The van der Waals surface area contributed by atoms with Gasteiger partial charge in [0, 0.05) is 23.9 Å². The van der Waals surface area contributed by atoms with Gasteiger partial charge in [-0.2, -0.15) is 0 Å². The summed E-state index contributed by atoms with van der Waals surface area (Å²) in [5.74, 6) is -3.44. The number of hydrogen-bond acceptors (Lipinski definition) is 6. The number of Topliss-reactive ketones (excluding diaryl/α,β-unsaturated/α-hetero) is 1. The predicted molar refractivity (Wildman–Crippen MR) is 107 cm³/mol. The van der Waals surface area contributed by atoms with Crippen molar-refractivity contribution in [2.45, 2.75) is 38.3 Å². The fourth-order valence-corrected chi connectivity index (χ4v) is 3.41. The van der Waals surface area contributed by atoms with Crippen molar-refractivity contribution in [3.63, 3.8) is 0 Å². The average Bonchev–Trinajstić information content (AvgIpc) is 3.18. The van der Waals surface area contributed by atoms with Gasteiger partial charge >= 0.3 is 5.97 Å². The minimum absolute atomic E-state index is 0.0706. The quantitative estimate of drug-likeness (QED) is 0.683. The topological polar surface area (TPSA) is 118 Å². The zero-order valence-corrected chi connectivity index (χ0v) is 16.6. The van der Waals surface area contributed by atoms with Crippen LogP contribution in [0.15, 0.2) is 41.7 Å². The molecule has 0 unspecified atom stereocenters. The zero-order valence-electron chi connectivity index (χ0n) is 16.6. The lowest BCUT2D eigenvalue weighted by Crippen LogP contribution is -2.55. The fraction of sp³-hybridized carbons (Fsp3) is 0.381. The van der Waals surface area contributed by atoms with Crippen molar-refractivity contribution in [3.05, 3.63) is 42.2 Å². The van der Waals surface area contributed by atoms with Gasteiger partial charge in [0.25, 0.3) is 5.91 Å². The number of rotatable bonds is 8. The highest BCUT2D eigenvalue weighted by molar-refractivity contribution is 6.12. The van der Waals surface area contributed by atoms with Crippen LogP contribution in [0.25, 0.3) is 10.8 Å². The Morgan fingerprint density at radius 1 is 1.27 bits per heavy atom. The van der Waals surface area contributed by atoms with E-state index in [1.54, 1.807) is 20.0 Å². The molecule has 3 rings (SSSR count). The first-order valence-corrected chi connectivity index (χ1v) is 9.49. The summed E-state index contributed by atoms with van der Waals surface area (Å²) in [5.41, 5.74) is -0.436. The molecule has 1 aliphatic rings. The van der Waals surface area contributed by atoms with E-state index < -0.39 is 42.4 Å². The molecule has 30 heavy (non-hydrogen) atoms. The third-order valence-corrected chi connectivity index (χ3v) is 5.22. The summed E-state index contributed by atoms with van der Waals surface area (Å²) in [5, 5.41) is 17.2. The summed E-state index contributed by atoms with van der Waals surface area (Å²) < 4.78 is 12.8. The summed E-state index contributed by atoms with van der Waals surface area (Å²) in [7, 11) is 0. The van der Waals surface area contributed by atoms with Crippen molar-refractivity contribution in [1.82, 2.24) is 10.3 Å². The number of aliphatic carboxylic acids is 1. The Bertz CT molecular complexity index is 1020. The number of halogens is 1. The number of ketones is 1. The summed E-state index contributed by atoms with van der Waals surface area (Å²) >= 11 is 0. The molecule has 158 valence electrons. The minimum atomic E-state index is -1.49. The maximum atomic E-state index is 13.1. The molecule has 0 saturated heterocycles. The Morgan fingerprint density at radius 3 is 2.67 bits per heavy atom. The molecule has 0 spiro atoms. The number of nitrogens with one attached hydrogen (secondary N) is 1. The van der Waals surface area contributed by atoms with Crippen LogP contribution in [0.5, 0.6) is 0 Å². The number of nitrogens with zero attached hydrogens (tertiary/aromatic N) is 2. The summed E-state index contributed by atoms with van der Waals surface area (Å²) in [6.45, 7) is 2.12. The van der Waals surface area contributed by atoms with Crippen molar-refractivity contribution in [2.24, 2.45) is 11.1 Å². The number of aromatic nitrogens is 1. The molecular weight excluding hydrogens is 393 g/mol. The molecule has 0 bridgehead atoms. The average molecular weight is 415 g/mol. The fourth-order valence-electron chi connectivity index (χ4n) is 3.41. The first-order chi connectivity index (χ1) is 14.3. The van der Waals surface area contributed by atoms with Crippen LogP contribution in [0.3, 0.4) is 0 Å². The van der Waals surface area contributed by atoms with Crippen LogP contribution in [0, 0.1) is 5.92 Å². The largest absolute Gasteiger partial charge is 0.481 e. The van der Waals surface area contributed by atoms with Crippen molar-refractivity contribution < 1.29 is 28.7 Å². The number of benzene rings is 1. The lowest BCUT2D eigenvalue weighted by molar-refractivity contribution is -0.152. The van der Waals surface area contributed by atoms with Crippen LogP contribution >= 0.6 is 0 Å². The third kappa shape index (κ3) is 4.00. The maximum Gasteiger partial charge on any atom is 0.305 e. The summed E-state index contributed by atoms with van der Waals surface area (Å²) in [4.78, 5) is 45.8. The number of hydrogen-bond donors (Lipinski definition) is 2. The van der Waals surface area contributed by atoms with Crippen molar-refractivity contribution >= 4 is 34.1 Å². The number of oxime groups is 1. The number of carbonyl (C=O) groups is 3. The molecule has 9 heteroatoms. The van der Waals surface area contributed by atoms with Crippen molar-refractivity contribution in [1.29, 1.82) is 0 Å². The van der Waals surface area contributed by atoms with E-state index in [4.69, 9.17) is 9.94 Å². The van der Waals surface area contributed by atoms with Gasteiger partial charge < -0.3 is 15.3 Å². The van der Waals surface area contributed by atoms with Gasteiger partial charge in [0.2, 0.25) is 5.60 Å². The Hall–Kier alpha value is -3.36. The minimum Gasteiger partial charge on any atom is -0.481 e. The molecule has 8 nitrogen and oxygen atoms in total. The lowest BCUT2D eigenvalue weighted by Gasteiger charge is -2.30. The molecule has 2 aromatic rings. The van der Waals surface area contributed by atoms with Gasteiger partial charge in [-0.05, 0) is 11.5 Å². The van der Waals surface area contributed by atoms with Crippen LogP contribution in [0.2, 0.25) is 0 Å². The number of carbonyl (C=O) groups excluding carboxylic acids is 2. The molecule has 1 aromatic carbocycles. The molecule has 0 saturated carbocycles. The van der Waals surface area contributed by atoms with Gasteiger partial charge in [-0.3, -0.25) is 19.4 Å². The summed E-state index contributed by atoms with van der Waals surface area (Å²) in [6, 6.07) is 7.95. The Morgan fingerprint density at radius 2 is 2.00 bits per heavy atom. The Labute approximate surface area is 172 Å². The van der Waals surface area contributed by atoms with Crippen LogP contribution in [0.4, 0.5) is 4.39 Å². The SMILES string of the molecule is CC(C)[C@@]1(C(=O)N[C@@H](CC(=O)O)C(=O)CF)CC(c2nccc3ccccc23)=NO1. The highest BCUT2D eigenvalue weighted by Gasteiger charge is 2.50. The van der Waals surface area contributed by atoms with Crippen LogP contribution in [0.1, 0.15) is 32.4 Å². The molecule has 2 N–H and O–H groups in total. The molecular formula is C21H22FN3O5. The second-order valence-electron chi connectivity index (χ2n) is 7.45. The Balaban J connectivity index is 1.88. The van der Waals surface area contributed by atoms with Gasteiger partial charge in [0.1, 0.15) is 18.4 Å². The standard InChI is InChI=1S/C21H22FN3O5/c1-12(2)21(20(29)24-15(9-18(27)28)17(26)11-22)10-16(25-30-21)19-14-6-4-3-5-13(14)7-8-23-19/h3-8,12,15H,9-11H2,1-2H3,(H,24,29)(H,27,28)/t15-,21+/m0/s1. The molecule has 0 aliphatic carbocycles. The first-order valence-electron chi connectivity index (χ1n) is 9.49. The molecule has 0 fully saturated rings. The van der Waals surface area contributed by atoms with E-state index in [2.05, 4.69) is 15.5 Å². The van der Waals surface area contributed by atoms with Gasteiger partial charge in [-0.15, -0.1) is 0 Å². The van der Waals surface area contributed by atoms with Gasteiger partial charge in [-0.25, -0.2) is 4.39 Å². The highest BCUT2D eigenvalue weighted by atomic mass is 19.1. The number of pyridine rings is 1. The van der Waals surface area contributed by atoms with E-state index in [-0.39, 0.29) is 12.3 Å². The monoisotopic (exact) mass is 415 g/mol. The van der Waals surface area contributed by atoms with Crippen molar-refractivity contribution in [2.75, 3.05) is 6.67 Å². The maximum absolute atomic E-state index is 13.1. The second-order valence-corrected chi connectivity index (χ2v) is 7.45. The molecule has 1 aromatic heterocycles. The van der Waals surface area contributed by atoms with Gasteiger partial charge in [-0.1, -0.05) is 43.3 Å². The zero-order chi connectivity index (χ0) is 21.9. The molecule has 2 atom stereocenters. The highest BCUT2D eigenvalue weighted by Crippen LogP contribution is 2.35. The van der Waals surface area contributed by atoms with E-state index in [9.17, 15) is 18.8 Å². The first kappa shape index (κ1) is 21.4. The van der Waals surface area contributed by atoms with Gasteiger partial charge in [0.15, 0.2) is 5.78 Å². The predicted octanol–water partition coefficient (Wildman–Crippen LogP) is 2.25. The second kappa shape index (κ2) is 8.56. The van der Waals surface area contributed by atoms with Crippen LogP contribution < -0.4 is 5.32 Å². The molecule has 2 heterocycles. The number of fused-ring (bicyclic) bond motifs is 1. The normalized spacial score (nSPS) is 19.3. The smallest absolute Gasteiger partial charge is 0.305 e. The number of carboxylic acid groups (broad SMARTS) is 1. The number of carboxylic acids is 1. The summed E-state index contributed by atoms with van der Waals surface area (Å²) in [6.07, 6.45) is 0.987. The van der Waals surface area contributed by atoms with E-state index in [1.165, 1.54) is 0 Å². The third-order valence-electron chi connectivity index (χ3n) is 5.22. The van der Waals surface area contributed by atoms with E-state index in [1.807, 2.05) is 30.3 Å².